The van der Waals surface area contributed by atoms with Gasteiger partial charge in [0.15, 0.2) is 11.5 Å². The third kappa shape index (κ3) is 6.40. The van der Waals surface area contributed by atoms with Gasteiger partial charge in [0.25, 0.3) is 0 Å². The second-order valence-corrected chi connectivity index (χ2v) is 18.6. The Labute approximate surface area is 396 Å². The van der Waals surface area contributed by atoms with Gasteiger partial charge in [-0.05, 0) is 113 Å². The quantitative estimate of drug-likeness (QED) is 0.0768. The highest BCUT2D eigenvalue weighted by atomic mass is 32.1. The molecule has 5 N–H and O–H groups in total. The average Bonchev–Trinajstić information content (AvgIpc) is 3.94. The summed E-state index contributed by atoms with van der Waals surface area (Å²) in [5.74, 6) is -4.14. The summed E-state index contributed by atoms with van der Waals surface area (Å²) in [4.78, 5) is 2.39. The first kappa shape index (κ1) is 41.0. The van der Waals surface area contributed by atoms with Gasteiger partial charge in [-0.2, -0.15) is 0 Å². The van der Waals surface area contributed by atoms with Gasteiger partial charge in [0, 0.05) is 43.5 Å². The number of hydrogen-bond acceptors (Lipinski definition) is 7. The summed E-state index contributed by atoms with van der Waals surface area (Å²) < 4.78 is 4.71. The monoisotopic (exact) mass is 904 g/mol. The summed E-state index contributed by atoms with van der Waals surface area (Å²) in [6.45, 7) is 3.98. The van der Waals surface area contributed by atoms with E-state index in [9.17, 15) is 25.5 Å². The molecule has 2 aliphatic carbocycles. The second-order valence-electron chi connectivity index (χ2n) is 17.5. The van der Waals surface area contributed by atoms with Crippen LogP contribution in [0.3, 0.4) is 0 Å². The number of allylic oxidation sites excluding steroid dienone is 5. The third-order valence-corrected chi connectivity index (χ3v) is 15.0. The van der Waals surface area contributed by atoms with Crippen LogP contribution in [0, 0.1) is 0 Å². The molecule has 330 valence electrons. The van der Waals surface area contributed by atoms with Crippen LogP contribution < -0.4 is 4.90 Å². The van der Waals surface area contributed by atoms with Gasteiger partial charge in [0.1, 0.15) is 0 Å². The van der Waals surface area contributed by atoms with Gasteiger partial charge in [0.2, 0.25) is 17.2 Å². The zero-order valence-electron chi connectivity index (χ0n) is 36.8. The molecule has 0 amide bonds. The molecule has 0 saturated carbocycles. The van der Waals surface area contributed by atoms with Crippen LogP contribution in [0.15, 0.2) is 182 Å². The Morgan fingerprint density at radius 3 is 2.01 bits per heavy atom. The molecule has 2 aromatic heterocycles. The Bertz CT molecular complexity index is 3770. The molecule has 0 spiro atoms. The number of fused-ring (bicyclic) bond motifs is 7. The number of phenolic OH excluding ortho intramolecular Hbond substituents is 5. The summed E-state index contributed by atoms with van der Waals surface area (Å²) in [6, 6.07) is 54.1. The van der Waals surface area contributed by atoms with Crippen LogP contribution in [0.1, 0.15) is 53.1 Å². The summed E-state index contributed by atoms with van der Waals surface area (Å²) >= 11 is 1.78. The number of para-hydroxylation sites is 1. The van der Waals surface area contributed by atoms with E-state index >= 15 is 0 Å². The molecule has 0 fully saturated rings. The predicted molar refractivity (Wildman–Crippen MR) is 280 cm³/mol. The van der Waals surface area contributed by atoms with E-state index in [0.717, 1.165) is 72.6 Å². The Hall–Kier alpha value is -8.46. The zero-order chi connectivity index (χ0) is 46.2. The van der Waals surface area contributed by atoms with Crippen molar-refractivity contribution in [3.63, 3.8) is 0 Å². The van der Waals surface area contributed by atoms with Crippen LogP contribution >= 0.6 is 11.3 Å². The largest absolute Gasteiger partial charge is 0.504 e. The fourth-order valence-electron chi connectivity index (χ4n) is 10.6. The van der Waals surface area contributed by atoms with Crippen molar-refractivity contribution in [3.05, 3.63) is 210 Å². The minimum absolute atomic E-state index is 0.0158. The Balaban J connectivity index is 1.12. The van der Waals surface area contributed by atoms with Crippen molar-refractivity contribution in [2.45, 2.75) is 25.2 Å². The summed E-state index contributed by atoms with van der Waals surface area (Å²) in [7, 11) is 0. The van der Waals surface area contributed by atoms with E-state index in [1.807, 2.05) is 24.3 Å². The molecule has 8 aromatic carbocycles. The van der Waals surface area contributed by atoms with Crippen LogP contribution in [0.4, 0.5) is 11.4 Å². The molecule has 8 heteroatoms. The number of phenols is 5. The van der Waals surface area contributed by atoms with Crippen molar-refractivity contribution in [2.24, 2.45) is 0 Å². The first-order valence-electron chi connectivity index (χ1n) is 22.7. The maximum atomic E-state index is 11.0. The topological polar surface area (TPSA) is 109 Å². The number of anilines is 2. The number of benzene rings is 8. The van der Waals surface area contributed by atoms with E-state index in [1.165, 1.54) is 32.0 Å². The normalized spacial score (nSPS) is 14.6. The summed E-state index contributed by atoms with van der Waals surface area (Å²) in [6.07, 6.45) is 11.9. The van der Waals surface area contributed by atoms with Crippen molar-refractivity contribution in [1.82, 2.24) is 4.57 Å². The zero-order valence-corrected chi connectivity index (χ0v) is 37.6. The highest BCUT2D eigenvalue weighted by Gasteiger charge is 2.32. The highest BCUT2D eigenvalue weighted by molar-refractivity contribution is 7.26. The number of aromatic hydroxyl groups is 5. The molecule has 0 saturated heterocycles. The van der Waals surface area contributed by atoms with E-state index in [0.29, 0.717) is 18.4 Å². The molecule has 0 bridgehead atoms. The third-order valence-electron chi connectivity index (χ3n) is 13.8. The van der Waals surface area contributed by atoms with Gasteiger partial charge in [0.05, 0.1) is 32.8 Å². The number of thiophene rings is 1. The summed E-state index contributed by atoms with van der Waals surface area (Å²) in [5, 5.41) is 59.0. The molecule has 1 unspecified atom stereocenters. The van der Waals surface area contributed by atoms with Crippen LogP contribution in [0.25, 0.3) is 76.4 Å². The van der Waals surface area contributed by atoms with Crippen molar-refractivity contribution >= 4 is 82.3 Å². The molecule has 1 atom stereocenters. The molecule has 2 heterocycles. The lowest BCUT2D eigenvalue weighted by Gasteiger charge is -2.33. The molecule has 2 aliphatic rings. The first-order chi connectivity index (χ1) is 33.3. The maximum absolute atomic E-state index is 11.0. The Morgan fingerprint density at radius 1 is 0.603 bits per heavy atom. The molecular formula is C60H44N2O5S. The standard InChI is InChI=1S/C60H44N2O5S/c1-2-35-23-27-39(28-24-35)61-48-20-10-8-18-46(48)54-42(19-12-21-50(54)61)38-33-47-45-17-9-11-22-52(45)68-60(47)51(34-38)62(40-29-25-37(26-30-40)53-55(63)57(65)59(67)58(66)56(53)64)49-32-31-41(36-13-4-3-5-14-36)43-15-6-7-16-44(43)49/h2-18,20-25,27-29,31-34,42,63-67H,1,19,26,30H2. The first-order valence-corrected chi connectivity index (χ1v) is 23.5. The van der Waals surface area contributed by atoms with E-state index < -0.39 is 28.7 Å². The SMILES string of the molecule is C=Cc1ccc(-n2c3c(c4ccccc42)C(c2cc(N(C4=CC=C(c5c(O)c(O)c(O)c(O)c5O)CC4)c4ccc(-c5ccccc5)c5ccccc45)c4sc5ccccc5c4c2)CC=C3)cc1. The molecule has 0 radical (unpaired) electrons. The van der Waals surface area contributed by atoms with Crippen LogP contribution in [-0.4, -0.2) is 30.1 Å². The summed E-state index contributed by atoms with van der Waals surface area (Å²) in [5.41, 5.74) is 12.6. The van der Waals surface area contributed by atoms with E-state index in [1.54, 1.807) is 11.3 Å². The van der Waals surface area contributed by atoms with E-state index in [4.69, 9.17) is 0 Å². The number of nitrogens with zero attached hydrogens (tertiary/aromatic N) is 2. The van der Waals surface area contributed by atoms with E-state index in [-0.39, 0.29) is 11.5 Å². The minimum atomic E-state index is -0.979. The molecule has 0 aliphatic heterocycles. The fourth-order valence-corrected chi connectivity index (χ4v) is 11.8. The van der Waals surface area contributed by atoms with Crippen LogP contribution in [-0.2, 0) is 0 Å². The predicted octanol–water partition coefficient (Wildman–Crippen LogP) is 15.4. The number of aromatic nitrogens is 1. The van der Waals surface area contributed by atoms with Gasteiger partial charge in [-0.25, -0.2) is 0 Å². The lowest BCUT2D eigenvalue weighted by Crippen LogP contribution is -2.19. The maximum Gasteiger partial charge on any atom is 0.208 e. The molecule has 12 rings (SSSR count). The van der Waals surface area contributed by atoms with Gasteiger partial charge in [-0.1, -0.05) is 134 Å². The van der Waals surface area contributed by atoms with Crippen molar-refractivity contribution in [3.8, 4) is 45.6 Å². The van der Waals surface area contributed by atoms with Gasteiger partial charge < -0.3 is 35.0 Å². The highest BCUT2D eigenvalue weighted by Crippen LogP contribution is 2.55. The van der Waals surface area contributed by atoms with Crippen molar-refractivity contribution in [1.29, 1.82) is 0 Å². The van der Waals surface area contributed by atoms with Crippen molar-refractivity contribution in [2.75, 3.05) is 4.90 Å². The van der Waals surface area contributed by atoms with Gasteiger partial charge >= 0.3 is 0 Å². The Morgan fingerprint density at radius 2 is 1.28 bits per heavy atom. The smallest absolute Gasteiger partial charge is 0.208 e. The number of rotatable bonds is 8. The van der Waals surface area contributed by atoms with Gasteiger partial charge in [-0.15, -0.1) is 11.3 Å². The van der Waals surface area contributed by atoms with Crippen LogP contribution in [0.5, 0.6) is 28.7 Å². The molecule has 10 aromatic rings. The van der Waals surface area contributed by atoms with Gasteiger partial charge in [-0.3, -0.25) is 0 Å². The minimum Gasteiger partial charge on any atom is -0.504 e. The molecule has 68 heavy (non-hydrogen) atoms. The molecule has 7 nitrogen and oxygen atoms in total. The molecular weight excluding hydrogens is 861 g/mol. The fraction of sp³-hybridized carbons (Fsp3) is 0.0667. The van der Waals surface area contributed by atoms with Crippen molar-refractivity contribution < 1.29 is 25.5 Å². The second kappa shape index (κ2) is 16.2. The lowest BCUT2D eigenvalue weighted by atomic mass is 9.82. The lowest BCUT2D eigenvalue weighted by molar-refractivity contribution is 0.327. The average molecular weight is 905 g/mol. The van der Waals surface area contributed by atoms with Crippen LogP contribution in [0.2, 0.25) is 0 Å². The number of hydrogen-bond donors (Lipinski definition) is 5. The van der Waals surface area contributed by atoms with E-state index in [2.05, 4.69) is 174 Å². The Kier molecular flexibility index (Phi) is 9.74.